The number of carbonyl (C=O) groups is 1. The minimum Gasteiger partial charge on any atom is -0.356 e. The number of halogens is 1. The Balaban J connectivity index is 0.00000625. The van der Waals surface area contributed by atoms with Crippen molar-refractivity contribution in [1.29, 1.82) is 0 Å². The second-order valence-electron chi connectivity index (χ2n) is 5.89. The van der Waals surface area contributed by atoms with Gasteiger partial charge in [0.15, 0.2) is 5.96 Å². The quantitative estimate of drug-likeness (QED) is 0.276. The number of aliphatic imine (C=N–C) groups is 1. The van der Waals surface area contributed by atoms with Gasteiger partial charge in [-0.25, -0.2) is 0 Å². The predicted octanol–water partition coefficient (Wildman–Crippen LogP) is 2.10. The summed E-state index contributed by atoms with van der Waals surface area (Å²) in [6, 6.07) is 7.71. The van der Waals surface area contributed by atoms with Gasteiger partial charge in [0.05, 0.1) is 0 Å². The molecule has 0 aliphatic carbocycles. The first kappa shape index (κ1) is 24.7. The smallest absolute Gasteiger partial charge is 0.251 e. The third kappa shape index (κ3) is 9.38. The lowest BCUT2D eigenvalue weighted by atomic mass is 10.1. The Bertz CT molecular complexity index is 550. The van der Waals surface area contributed by atoms with Crippen LogP contribution in [0.3, 0.4) is 0 Å². The summed E-state index contributed by atoms with van der Waals surface area (Å²) in [5, 5.41) is 9.33. The Morgan fingerprint density at radius 2 is 1.88 bits per heavy atom. The highest BCUT2D eigenvalue weighted by atomic mass is 127. The summed E-state index contributed by atoms with van der Waals surface area (Å²) >= 11 is 0. The van der Waals surface area contributed by atoms with Crippen molar-refractivity contribution < 1.29 is 4.79 Å². The number of amides is 1. The molecule has 6 nitrogen and oxygen atoms in total. The monoisotopic (exact) mass is 475 g/mol. The first-order valence-electron chi connectivity index (χ1n) is 9.12. The van der Waals surface area contributed by atoms with Crippen molar-refractivity contribution in [2.45, 2.75) is 26.7 Å². The van der Waals surface area contributed by atoms with Gasteiger partial charge in [0.25, 0.3) is 5.91 Å². The largest absolute Gasteiger partial charge is 0.356 e. The van der Waals surface area contributed by atoms with Crippen LogP contribution in [0.4, 0.5) is 0 Å². The van der Waals surface area contributed by atoms with Gasteiger partial charge in [-0.2, -0.15) is 0 Å². The van der Waals surface area contributed by atoms with E-state index in [0.29, 0.717) is 5.56 Å². The average molecular weight is 475 g/mol. The summed E-state index contributed by atoms with van der Waals surface area (Å²) in [7, 11) is 3.43. The lowest BCUT2D eigenvalue weighted by molar-refractivity contribution is 0.0963. The molecule has 148 valence electrons. The maximum atomic E-state index is 11.7. The minimum absolute atomic E-state index is 0. The van der Waals surface area contributed by atoms with Gasteiger partial charge < -0.3 is 20.9 Å². The summed E-state index contributed by atoms with van der Waals surface area (Å²) in [4.78, 5) is 18.4. The fourth-order valence-electron chi connectivity index (χ4n) is 2.63. The summed E-state index contributed by atoms with van der Waals surface area (Å²) in [6.07, 6.45) is 2.01. The maximum absolute atomic E-state index is 11.7. The van der Waals surface area contributed by atoms with E-state index in [0.717, 1.165) is 50.7 Å². The number of nitrogens with one attached hydrogen (secondary N) is 3. The number of likely N-dealkylation sites (N-methyl/N-ethyl adjacent to an activating group) is 1. The molecule has 1 rings (SSSR count). The molecule has 0 spiro atoms. The lowest BCUT2D eigenvalue weighted by Gasteiger charge is -2.20. The van der Waals surface area contributed by atoms with E-state index < -0.39 is 0 Å². The molecule has 0 atom stereocenters. The van der Waals surface area contributed by atoms with Crippen LogP contribution in [0.25, 0.3) is 0 Å². The summed E-state index contributed by atoms with van der Waals surface area (Å²) in [5.41, 5.74) is 1.82. The summed E-state index contributed by atoms with van der Waals surface area (Å²) in [6.45, 7) is 9.25. The van der Waals surface area contributed by atoms with Gasteiger partial charge >= 0.3 is 0 Å². The van der Waals surface area contributed by atoms with Crippen molar-refractivity contribution in [3.8, 4) is 0 Å². The molecule has 0 aliphatic heterocycles. The highest BCUT2D eigenvalue weighted by Gasteiger charge is 2.04. The Morgan fingerprint density at radius 3 is 2.50 bits per heavy atom. The van der Waals surface area contributed by atoms with Gasteiger partial charge in [0.2, 0.25) is 0 Å². The van der Waals surface area contributed by atoms with Crippen LogP contribution < -0.4 is 16.0 Å². The van der Waals surface area contributed by atoms with E-state index in [-0.39, 0.29) is 29.9 Å². The Labute approximate surface area is 175 Å². The third-order valence-electron chi connectivity index (χ3n) is 4.05. The molecule has 0 saturated carbocycles. The van der Waals surface area contributed by atoms with E-state index in [4.69, 9.17) is 0 Å². The number of hydrogen-bond donors (Lipinski definition) is 3. The van der Waals surface area contributed by atoms with Crippen LogP contribution in [-0.4, -0.2) is 63.6 Å². The van der Waals surface area contributed by atoms with Crippen LogP contribution in [0, 0.1) is 0 Å². The van der Waals surface area contributed by atoms with Gasteiger partial charge in [-0.1, -0.05) is 26.0 Å². The van der Waals surface area contributed by atoms with E-state index in [1.54, 1.807) is 14.1 Å². The fraction of sp³-hybridized carbons (Fsp3) is 0.579. The van der Waals surface area contributed by atoms with E-state index >= 15 is 0 Å². The number of benzene rings is 1. The Morgan fingerprint density at radius 1 is 1.15 bits per heavy atom. The standard InChI is InChI=1S/C19H33N5O.HI/c1-5-13-24(6-2)14-12-23-19(21-4)22-11-10-16-8-7-9-17(15-16)18(25)20-3;/h7-9,15H,5-6,10-14H2,1-4H3,(H,20,25)(H2,21,22,23);1H. The van der Waals surface area contributed by atoms with Crippen LogP contribution in [-0.2, 0) is 6.42 Å². The van der Waals surface area contributed by atoms with Crippen molar-refractivity contribution in [3.05, 3.63) is 35.4 Å². The van der Waals surface area contributed by atoms with Gasteiger partial charge in [-0.15, -0.1) is 24.0 Å². The predicted molar refractivity (Wildman–Crippen MR) is 121 cm³/mol. The zero-order valence-corrected chi connectivity index (χ0v) is 18.8. The van der Waals surface area contributed by atoms with Gasteiger partial charge in [0, 0.05) is 39.3 Å². The molecule has 3 N–H and O–H groups in total. The van der Waals surface area contributed by atoms with Gasteiger partial charge in [-0.05, 0) is 43.6 Å². The van der Waals surface area contributed by atoms with Crippen molar-refractivity contribution >= 4 is 35.8 Å². The molecule has 1 amide bonds. The van der Waals surface area contributed by atoms with E-state index in [1.165, 1.54) is 6.42 Å². The highest BCUT2D eigenvalue weighted by molar-refractivity contribution is 14.0. The van der Waals surface area contributed by atoms with Crippen LogP contribution in [0.1, 0.15) is 36.2 Å². The summed E-state index contributed by atoms with van der Waals surface area (Å²) < 4.78 is 0. The molecule has 0 saturated heterocycles. The van der Waals surface area contributed by atoms with Crippen LogP contribution >= 0.6 is 24.0 Å². The number of hydrogen-bond acceptors (Lipinski definition) is 3. The van der Waals surface area contributed by atoms with E-state index in [1.807, 2.05) is 24.3 Å². The Kier molecular flexibility index (Phi) is 14.0. The zero-order valence-electron chi connectivity index (χ0n) is 16.5. The average Bonchev–Trinajstić information content (AvgIpc) is 2.65. The third-order valence-corrected chi connectivity index (χ3v) is 4.05. The van der Waals surface area contributed by atoms with Crippen molar-refractivity contribution in [1.82, 2.24) is 20.9 Å². The van der Waals surface area contributed by atoms with Crippen molar-refractivity contribution in [3.63, 3.8) is 0 Å². The zero-order chi connectivity index (χ0) is 18.5. The van der Waals surface area contributed by atoms with Crippen molar-refractivity contribution in [2.75, 3.05) is 46.8 Å². The number of rotatable bonds is 10. The van der Waals surface area contributed by atoms with E-state index in [2.05, 4.69) is 39.7 Å². The second kappa shape index (κ2) is 14.8. The molecule has 0 radical (unpaired) electrons. The first-order chi connectivity index (χ1) is 12.1. The van der Waals surface area contributed by atoms with Crippen molar-refractivity contribution in [2.24, 2.45) is 4.99 Å². The molecule has 26 heavy (non-hydrogen) atoms. The highest BCUT2D eigenvalue weighted by Crippen LogP contribution is 2.05. The molecule has 1 aromatic carbocycles. The molecule has 1 aromatic rings. The normalized spacial score (nSPS) is 11.0. The molecular weight excluding hydrogens is 441 g/mol. The molecule has 7 heteroatoms. The van der Waals surface area contributed by atoms with Crippen LogP contribution in [0.2, 0.25) is 0 Å². The molecule has 0 heterocycles. The Hall–Kier alpha value is -1.35. The summed E-state index contributed by atoms with van der Waals surface area (Å²) in [5.74, 6) is 0.759. The van der Waals surface area contributed by atoms with Gasteiger partial charge in [-0.3, -0.25) is 9.79 Å². The molecular formula is C19H34IN5O. The topological polar surface area (TPSA) is 68.8 Å². The second-order valence-corrected chi connectivity index (χ2v) is 5.89. The number of nitrogens with zero attached hydrogens (tertiary/aromatic N) is 2. The SMILES string of the molecule is CCCN(CC)CCNC(=NC)NCCc1cccc(C(=O)NC)c1.I. The molecule has 0 fully saturated rings. The molecule has 0 bridgehead atoms. The van der Waals surface area contributed by atoms with Crippen LogP contribution in [0.15, 0.2) is 29.3 Å². The number of carbonyl (C=O) groups excluding carboxylic acids is 1. The molecule has 0 aromatic heterocycles. The lowest BCUT2D eigenvalue weighted by Crippen LogP contribution is -2.42. The molecule has 0 aliphatic rings. The molecule has 0 unspecified atom stereocenters. The first-order valence-corrected chi connectivity index (χ1v) is 9.12. The maximum Gasteiger partial charge on any atom is 0.251 e. The van der Waals surface area contributed by atoms with Gasteiger partial charge in [0.1, 0.15) is 0 Å². The van der Waals surface area contributed by atoms with E-state index in [9.17, 15) is 4.79 Å². The minimum atomic E-state index is -0.0557. The number of guanidine groups is 1. The van der Waals surface area contributed by atoms with Crippen LogP contribution in [0.5, 0.6) is 0 Å². The fourth-order valence-corrected chi connectivity index (χ4v) is 2.63.